The molecule has 1 aliphatic heterocycles. The maximum Gasteiger partial charge on any atom is 0.416 e. The van der Waals surface area contributed by atoms with Gasteiger partial charge in [-0.2, -0.15) is 13.2 Å². The summed E-state index contributed by atoms with van der Waals surface area (Å²) in [6.07, 6.45) is -3.02. The number of alkyl halides is 3. The molecule has 1 saturated heterocycles. The molecule has 1 heterocycles. The molecule has 1 fully saturated rings. The third-order valence-corrected chi connectivity index (χ3v) is 5.01. The Morgan fingerprint density at radius 3 is 2.52 bits per heavy atom. The molecule has 0 atom stereocenters. The van der Waals surface area contributed by atoms with E-state index in [9.17, 15) is 18.0 Å². The SMILES string of the molecule is CCOc1ccc(N2C(=O)/C(=C\c3cccc(C(F)(F)F)c3)SC2=S)cc1. The first-order valence-electron chi connectivity index (χ1n) is 7.97. The molecule has 0 aliphatic carbocycles. The zero-order valence-corrected chi connectivity index (χ0v) is 15.8. The molecule has 8 heteroatoms. The van der Waals surface area contributed by atoms with Crippen LogP contribution in [0.25, 0.3) is 6.08 Å². The molecule has 140 valence electrons. The Hall–Kier alpha value is -2.32. The Kier molecular flexibility index (Phi) is 5.57. The topological polar surface area (TPSA) is 29.5 Å². The van der Waals surface area contributed by atoms with E-state index in [1.807, 2.05) is 6.92 Å². The standard InChI is InChI=1S/C19H14F3NO2S2/c1-2-25-15-8-6-14(7-9-15)23-17(24)16(27-18(23)26)11-12-4-3-5-13(10-12)19(20,21)22/h3-11H,2H2,1H3/b16-11+. The summed E-state index contributed by atoms with van der Waals surface area (Å²) in [6.45, 7) is 2.40. The Morgan fingerprint density at radius 1 is 1.19 bits per heavy atom. The predicted octanol–water partition coefficient (Wildman–Crippen LogP) is 5.51. The maximum atomic E-state index is 12.9. The minimum atomic E-state index is -4.44. The lowest BCUT2D eigenvalue weighted by Crippen LogP contribution is -2.27. The van der Waals surface area contributed by atoms with Crippen LogP contribution in [0.15, 0.2) is 53.4 Å². The summed E-state index contributed by atoms with van der Waals surface area (Å²) in [6, 6.07) is 11.7. The highest BCUT2D eigenvalue weighted by molar-refractivity contribution is 8.27. The second kappa shape index (κ2) is 7.74. The van der Waals surface area contributed by atoms with E-state index in [0.29, 0.717) is 22.4 Å². The molecule has 1 amide bonds. The van der Waals surface area contributed by atoms with E-state index in [-0.39, 0.29) is 16.4 Å². The fourth-order valence-electron chi connectivity index (χ4n) is 2.50. The van der Waals surface area contributed by atoms with Crippen LogP contribution in [0.4, 0.5) is 18.9 Å². The van der Waals surface area contributed by atoms with Crippen LogP contribution in [0.2, 0.25) is 0 Å². The minimum absolute atomic E-state index is 0.271. The van der Waals surface area contributed by atoms with Gasteiger partial charge in [0.2, 0.25) is 0 Å². The van der Waals surface area contributed by atoms with Crippen molar-refractivity contribution in [3.63, 3.8) is 0 Å². The molecule has 0 unspecified atom stereocenters. The van der Waals surface area contributed by atoms with E-state index >= 15 is 0 Å². The van der Waals surface area contributed by atoms with Gasteiger partial charge < -0.3 is 4.74 Å². The van der Waals surface area contributed by atoms with Crippen molar-refractivity contribution in [2.75, 3.05) is 11.5 Å². The third-order valence-electron chi connectivity index (χ3n) is 3.71. The van der Waals surface area contributed by atoms with Crippen molar-refractivity contribution in [1.82, 2.24) is 0 Å². The molecule has 0 saturated carbocycles. The van der Waals surface area contributed by atoms with E-state index in [2.05, 4.69) is 0 Å². The van der Waals surface area contributed by atoms with Gasteiger partial charge >= 0.3 is 6.18 Å². The number of amides is 1. The number of carbonyl (C=O) groups excluding carboxylic acids is 1. The van der Waals surface area contributed by atoms with Gasteiger partial charge in [-0.05, 0) is 55.0 Å². The molecule has 1 aliphatic rings. The lowest BCUT2D eigenvalue weighted by molar-refractivity contribution is -0.137. The van der Waals surface area contributed by atoms with E-state index in [4.69, 9.17) is 17.0 Å². The summed E-state index contributed by atoms with van der Waals surface area (Å²) in [5.41, 5.74) is 0.101. The molecule has 0 aromatic heterocycles. The lowest BCUT2D eigenvalue weighted by atomic mass is 10.1. The zero-order chi connectivity index (χ0) is 19.6. The number of ether oxygens (including phenoxy) is 1. The second-order valence-electron chi connectivity index (χ2n) is 5.57. The average Bonchev–Trinajstić information content (AvgIpc) is 2.89. The van der Waals surface area contributed by atoms with Crippen molar-refractivity contribution in [2.24, 2.45) is 0 Å². The van der Waals surface area contributed by atoms with Gasteiger partial charge in [0.05, 0.1) is 22.8 Å². The minimum Gasteiger partial charge on any atom is -0.494 e. The molecule has 2 aromatic carbocycles. The molecule has 27 heavy (non-hydrogen) atoms. The quantitative estimate of drug-likeness (QED) is 0.492. The van der Waals surface area contributed by atoms with Gasteiger partial charge in [-0.3, -0.25) is 9.69 Å². The number of halogens is 3. The third kappa shape index (κ3) is 4.33. The molecular weight excluding hydrogens is 395 g/mol. The molecule has 0 bridgehead atoms. The van der Waals surface area contributed by atoms with Crippen molar-refractivity contribution in [2.45, 2.75) is 13.1 Å². The smallest absolute Gasteiger partial charge is 0.416 e. The Balaban J connectivity index is 1.86. The summed E-state index contributed by atoms with van der Waals surface area (Å²) >= 11 is 6.33. The van der Waals surface area contributed by atoms with Gasteiger partial charge in [0.25, 0.3) is 5.91 Å². The lowest BCUT2D eigenvalue weighted by Gasteiger charge is -2.15. The number of thiocarbonyl (C=S) groups is 1. The number of carbonyl (C=O) groups is 1. The van der Waals surface area contributed by atoms with Gasteiger partial charge in [-0.25, -0.2) is 0 Å². The number of hydrogen-bond acceptors (Lipinski definition) is 4. The highest BCUT2D eigenvalue weighted by Gasteiger charge is 2.34. The molecular formula is C19H14F3NO2S2. The molecule has 0 radical (unpaired) electrons. The van der Waals surface area contributed by atoms with Crippen molar-refractivity contribution >= 4 is 46.0 Å². The van der Waals surface area contributed by atoms with Gasteiger partial charge in [0, 0.05) is 0 Å². The number of hydrogen-bond donors (Lipinski definition) is 0. The average molecular weight is 409 g/mol. The highest BCUT2D eigenvalue weighted by atomic mass is 32.2. The van der Waals surface area contributed by atoms with E-state index in [1.165, 1.54) is 23.1 Å². The fourth-order valence-corrected chi connectivity index (χ4v) is 3.80. The van der Waals surface area contributed by atoms with Crippen LogP contribution in [0, 0.1) is 0 Å². The van der Waals surface area contributed by atoms with E-state index in [0.717, 1.165) is 23.9 Å². The number of nitrogens with zero attached hydrogens (tertiary/aromatic N) is 1. The van der Waals surface area contributed by atoms with Gasteiger partial charge in [0.15, 0.2) is 4.32 Å². The molecule has 0 N–H and O–H groups in total. The summed E-state index contributed by atoms with van der Waals surface area (Å²) in [5.74, 6) is 0.303. The van der Waals surface area contributed by atoms with Gasteiger partial charge in [-0.15, -0.1) is 0 Å². The predicted molar refractivity (Wildman–Crippen MR) is 105 cm³/mol. The number of benzene rings is 2. The first kappa shape index (κ1) is 19.4. The molecule has 0 spiro atoms. The van der Waals surface area contributed by atoms with Crippen LogP contribution in [0.5, 0.6) is 5.75 Å². The van der Waals surface area contributed by atoms with Crippen molar-refractivity contribution < 1.29 is 22.7 Å². The van der Waals surface area contributed by atoms with Crippen LogP contribution in [0.3, 0.4) is 0 Å². The zero-order valence-electron chi connectivity index (χ0n) is 14.1. The largest absolute Gasteiger partial charge is 0.494 e. The van der Waals surface area contributed by atoms with Crippen molar-refractivity contribution in [3.8, 4) is 5.75 Å². The maximum absolute atomic E-state index is 12.9. The number of thioether (sulfide) groups is 1. The molecule has 3 rings (SSSR count). The first-order valence-corrected chi connectivity index (χ1v) is 9.20. The molecule has 2 aromatic rings. The normalized spacial score (nSPS) is 16.3. The Bertz CT molecular complexity index is 908. The summed E-state index contributed by atoms with van der Waals surface area (Å²) in [5, 5.41) is 0. The van der Waals surface area contributed by atoms with E-state index in [1.54, 1.807) is 24.3 Å². The fraction of sp³-hybridized carbons (Fsp3) is 0.158. The monoisotopic (exact) mass is 409 g/mol. The number of anilines is 1. The van der Waals surface area contributed by atoms with Gasteiger partial charge in [0.1, 0.15) is 5.75 Å². The van der Waals surface area contributed by atoms with Crippen LogP contribution >= 0.6 is 24.0 Å². The highest BCUT2D eigenvalue weighted by Crippen LogP contribution is 2.37. The summed E-state index contributed by atoms with van der Waals surface area (Å²) in [4.78, 5) is 14.3. The molecule has 3 nitrogen and oxygen atoms in total. The second-order valence-corrected chi connectivity index (χ2v) is 7.24. The van der Waals surface area contributed by atoms with Crippen molar-refractivity contribution in [1.29, 1.82) is 0 Å². The summed E-state index contributed by atoms with van der Waals surface area (Å²) < 4.78 is 44.3. The summed E-state index contributed by atoms with van der Waals surface area (Å²) in [7, 11) is 0. The Morgan fingerprint density at radius 2 is 1.89 bits per heavy atom. The first-order chi connectivity index (χ1) is 12.8. The van der Waals surface area contributed by atoms with Crippen LogP contribution in [-0.2, 0) is 11.0 Å². The van der Waals surface area contributed by atoms with Crippen LogP contribution in [-0.4, -0.2) is 16.8 Å². The number of rotatable bonds is 4. The Labute approximate surface area is 163 Å². The van der Waals surface area contributed by atoms with Crippen LogP contribution < -0.4 is 9.64 Å². The van der Waals surface area contributed by atoms with Gasteiger partial charge in [-0.1, -0.05) is 36.1 Å². The van der Waals surface area contributed by atoms with Crippen molar-refractivity contribution in [3.05, 3.63) is 64.6 Å². The van der Waals surface area contributed by atoms with Crippen LogP contribution in [0.1, 0.15) is 18.1 Å². The van der Waals surface area contributed by atoms with E-state index < -0.39 is 11.7 Å².